The highest BCUT2D eigenvalue weighted by Crippen LogP contribution is 2.24. The fraction of sp³-hybridized carbons (Fsp3) is 0.562. The van der Waals surface area contributed by atoms with E-state index in [9.17, 15) is 4.79 Å². The van der Waals surface area contributed by atoms with Gasteiger partial charge >= 0.3 is 0 Å². The molecular formula is C16H25N7O3S. The molecule has 2 aromatic heterocycles. The Morgan fingerprint density at radius 1 is 1.41 bits per heavy atom. The second kappa shape index (κ2) is 10.1. The highest BCUT2D eigenvalue weighted by Gasteiger charge is 2.22. The van der Waals surface area contributed by atoms with E-state index >= 15 is 0 Å². The average Bonchev–Trinajstić information content (AvgIpc) is 3.19. The van der Waals surface area contributed by atoms with E-state index in [2.05, 4.69) is 25.9 Å². The summed E-state index contributed by atoms with van der Waals surface area (Å²) in [5.41, 5.74) is 0. The number of carboxylic acids is 1. The molecule has 0 spiro atoms. The number of rotatable bonds is 5. The molecule has 148 valence electrons. The zero-order valence-corrected chi connectivity index (χ0v) is 16.5. The zero-order chi connectivity index (χ0) is 19.8. The molecule has 1 fully saturated rings. The number of hydrogen-bond acceptors (Lipinski definition) is 7. The van der Waals surface area contributed by atoms with Gasteiger partial charge in [0.05, 0.1) is 5.75 Å². The summed E-state index contributed by atoms with van der Waals surface area (Å²) in [6.45, 7) is 3.10. The number of carboxylic acid groups (broad SMARTS) is 1. The Balaban J connectivity index is 0.000000596. The van der Waals surface area contributed by atoms with Crippen LogP contribution in [0.25, 0.3) is 0 Å². The molecule has 0 aliphatic carbocycles. The van der Waals surface area contributed by atoms with Crippen LogP contribution in [0.5, 0.6) is 0 Å². The van der Waals surface area contributed by atoms with Crippen molar-refractivity contribution >= 4 is 29.5 Å². The summed E-state index contributed by atoms with van der Waals surface area (Å²) in [6, 6.07) is 1.76. The van der Waals surface area contributed by atoms with Crippen molar-refractivity contribution in [2.75, 3.05) is 24.2 Å². The van der Waals surface area contributed by atoms with Crippen LogP contribution in [0.1, 0.15) is 31.5 Å². The van der Waals surface area contributed by atoms with E-state index in [0.717, 1.165) is 43.8 Å². The first-order valence-electron chi connectivity index (χ1n) is 8.58. The van der Waals surface area contributed by atoms with Crippen molar-refractivity contribution in [1.29, 1.82) is 0 Å². The van der Waals surface area contributed by atoms with E-state index in [0.29, 0.717) is 11.7 Å². The number of hydrogen-bond donors (Lipinski definition) is 3. The Hall–Kier alpha value is -2.40. The highest BCUT2D eigenvalue weighted by molar-refractivity contribution is 7.99. The van der Waals surface area contributed by atoms with Gasteiger partial charge in [0.2, 0.25) is 5.91 Å². The quantitative estimate of drug-likeness (QED) is 0.636. The Bertz CT molecular complexity index is 764. The largest absolute Gasteiger partial charge is 0.481 e. The maximum Gasteiger partial charge on any atom is 0.300 e. The van der Waals surface area contributed by atoms with E-state index in [-0.39, 0.29) is 11.7 Å². The summed E-state index contributed by atoms with van der Waals surface area (Å²) < 4.78 is 3.65. The topological polar surface area (TPSA) is 127 Å². The van der Waals surface area contributed by atoms with Crippen LogP contribution in [-0.4, -0.2) is 60.4 Å². The second-order valence-corrected chi connectivity index (χ2v) is 7.12. The number of nitrogens with zero attached hydrogens (tertiary/aromatic N) is 5. The number of aromatic nitrogens is 5. The number of aryl methyl sites for hydroxylation is 1. The average molecular weight is 395 g/mol. The van der Waals surface area contributed by atoms with E-state index in [1.165, 1.54) is 11.8 Å². The van der Waals surface area contributed by atoms with Crippen molar-refractivity contribution < 1.29 is 14.7 Å². The summed E-state index contributed by atoms with van der Waals surface area (Å²) in [4.78, 5) is 21.0. The lowest BCUT2D eigenvalue weighted by Crippen LogP contribution is -2.29. The van der Waals surface area contributed by atoms with Gasteiger partial charge in [0.1, 0.15) is 5.82 Å². The molecule has 0 aromatic carbocycles. The summed E-state index contributed by atoms with van der Waals surface area (Å²) in [5, 5.41) is 27.0. The predicted octanol–water partition coefficient (Wildman–Crippen LogP) is 0.837. The smallest absolute Gasteiger partial charge is 0.300 e. The van der Waals surface area contributed by atoms with Gasteiger partial charge in [0.15, 0.2) is 11.0 Å². The molecule has 0 radical (unpaired) electrons. The maximum absolute atomic E-state index is 12.0. The molecule has 2 aromatic rings. The number of carbonyl (C=O) groups is 2. The van der Waals surface area contributed by atoms with Crippen molar-refractivity contribution in [3.8, 4) is 0 Å². The van der Waals surface area contributed by atoms with Gasteiger partial charge in [-0.05, 0) is 19.4 Å². The van der Waals surface area contributed by atoms with Crippen molar-refractivity contribution in [1.82, 2.24) is 29.9 Å². The standard InChI is InChI=1S/C14H21N7OS.C2H4O2/c1-20-7-5-11(19-20)16-12(22)9-23-14-18-17-13(21(14)2)10-4-3-6-15-8-10;1-2(3)4/h5,7,10,15H,3-4,6,8-9H2,1-2H3,(H,16,19,22);1H3,(H,3,4). The van der Waals surface area contributed by atoms with Gasteiger partial charge < -0.3 is 20.3 Å². The van der Waals surface area contributed by atoms with Crippen LogP contribution < -0.4 is 10.6 Å². The first-order chi connectivity index (χ1) is 12.9. The van der Waals surface area contributed by atoms with Crippen LogP contribution in [-0.2, 0) is 23.7 Å². The lowest BCUT2D eigenvalue weighted by atomic mass is 9.99. The van der Waals surface area contributed by atoms with Crippen LogP contribution in [0.4, 0.5) is 5.82 Å². The minimum Gasteiger partial charge on any atom is -0.481 e. The molecule has 1 atom stereocenters. The Morgan fingerprint density at radius 2 is 2.15 bits per heavy atom. The molecule has 3 rings (SSSR count). The molecular weight excluding hydrogens is 370 g/mol. The van der Waals surface area contributed by atoms with Gasteiger partial charge in [-0.25, -0.2) is 0 Å². The van der Waals surface area contributed by atoms with Crippen molar-refractivity contribution in [3.63, 3.8) is 0 Å². The molecule has 1 saturated heterocycles. The minimum absolute atomic E-state index is 0.0995. The molecule has 1 aliphatic heterocycles. The molecule has 1 unspecified atom stereocenters. The third-order valence-corrected chi connectivity index (χ3v) is 4.86. The normalized spacial score (nSPS) is 16.3. The SMILES string of the molecule is CC(=O)O.Cn1ccc(NC(=O)CSc2nnc(C3CCCNC3)n2C)n1. The van der Waals surface area contributed by atoms with E-state index < -0.39 is 5.97 Å². The molecule has 3 heterocycles. The van der Waals surface area contributed by atoms with Gasteiger partial charge in [-0.2, -0.15) is 5.10 Å². The number of piperidine rings is 1. The third kappa shape index (κ3) is 6.68. The zero-order valence-electron chi connectivity index (χ0n) is 15.7. The maximum atomic E-state index is 12.0. The highest BCUT2D eigenvalue weighted by atomic mass is 32.2. The monoisotopic (exact) mass is 395 g/mol. The number of aliphatic carboxylic acids is 1. The van der Waals surface area contributed by atoms with Crippen molar-refractivity contribution in [2.24, 2.45) is 14.1 Å². The summed E-state index contributed by atoms with van der Waals surface area (Å²) in [6.07, 6.45) is 4.08. The fourth-order valence-corrected chi connectivity index (χ4v) is 3.39. The molecule has 0 bridgehead atoms. The number of anilines is 1. The Labute approximate surface area is 161 Å². The molecule has 27 heavy (non-hydrogen) atoms. The lowest BCUT2D eigenvalue weighted by molar-refractivity contribution is -0.134. The van der Waals surface area contributed by atoms with Gasteiger partial charge in [-0.1, -0.05) is 11.8 Å². The van der Waals surface area contributed by atoms with Crippen molar-refractivity contribution in [3.05, 3.63) is 18.1 Å². The van der Waals surface area contributed by atoms with Gasteiger partial charge in [0.25, 0.3) is 5.97 Å². The fourth-order valence-electron chi connectivity index (χ4n) is 2.67. The number of nitrogens with one attached hydrogen (secondary N) is 2. The molecule has 1 amide bonds. The Kier molecular flexibility index (Phi) is 7.80. The predicted molar refractivity (Wildman–Crippen MR) is 102 cm³/mol. The number of thioether (sulfide) groups is 1. The summed E-state index contributed by atoms with van der Waals surface area (Å²) in [7, 11) is 3.77. The van der Waals surface area contributed by atoms with Crippen molar-refractivity contribution in [2.45, 2.75) is 30.8 Å². The van der Waals surface area contributed by atoms with Crippen LogP contribution in [0, 0.1) is 0 Å². The molecule has 0 saturated carbocycles. The first-order valence-corrected chi connectivity index (χ1v) is 9.57. The molecule has 3 N–H and O–H groups in total. The van der Waals surface area contributed by atoms with Gasteiger partial charge in [-0.15, -0.1) is 10.2 Å². The van der Waals surface area contributed by atoms with Crippen LogP contribution >= 0.6 is 11.8 Å². The van der Waals surface area contributed by atoms with E-state index in [4.69, 9.17) is 9.90 Å². The molecule has 1 aliphatic rings. The summed E-state index contributed by atoms with van der Waals surface area (Å²) >= 11 is 1.39. The van der Waals surface area contributed by atoms with Gasteiger partial charge in [-0.3, -0.25) is 14.3 Å². The van der Waals surface area contributed by atoms with Crippen LogP contribution in [0.3, 0.4) is 0 Å². The number of amides is 1. The Morgan fingerprint density at radius 3 is 2.74 bits per heavy atom. The lowest BCUT2D eigenvalue weighted by Gasteiger charge is -2.21. The second-order valence-electron chi connectivity index (χ2n) is 6.17. The molecule has 11 heteroatoms. The third-order valence-electron chi connectivity index (χ3n) is 3.84. The summed E-state index contributed by atoms with van der Waals surface area (Å²) in [5.74, 6) is 1.30. The molecule has 10 nitrogen and oxygen atoms in total. The number of carbonyl (C=O) groups excluding carboxylic acids is 1. The van der Waals surface area contributed by atoms with Gasteiger partial charge in [0, 0.05) is 45.7 Å². The first kappa shape index (κ1) is 20.9. The van der Waals surface area contributed by atoms with Crippen LogP contribution in [0.15, 0.2) is 17.4 Å². The minimum atomic E-state index is -0.833. The van der Waals surface area contributed by atoms with Crippen LogP contribution in [0.2, 0.25) is 0 Å². The van der Waals surface area contributed by atoms with E-state index in [1.54, 1.807) is 16.9 Å². The van der Waals surface area contributed by atoms with E-state index in [1.807, 2.05) is 18.7 Å².